The molecule has 0 amide bonds. The van der Waals surface area contributed by atoms with Crippen molar-refractivity contribution < 1.29 is 23.1 Å². The van der Waals surface area contributed by atoms with E-state index in [2.05, 4.69) is 4.72 Å². The Kier molecular flexibility index (Phi) is 6.04. The molecule has 0 aliphatic carbocycles. The summed E-state index contributed by atoms with van der Waals surface area (Å²) in [4.78, 5) is 21.8. The summed E-state index contributed by atoms with van der Waals surface area (Å²) < 4.78 is 26.4. The lowest BCUT2D eigenvalue weighted by atomic mass is 10.1. The molecule has 0 radical (unpaired) electrons. The Labute approximate surface area is 124 Å². The first-order valence-corrected chi connectivity index (χ1v) is 8.06. The highest BCUT2D eigenvalue weighted by atomic mass is 32.2. The van der Waals surface area contributed by atoms with Crippen molar-refractivity contribution in [3.63, 3.8) is 0 Å². The smallest absolute Gasteiger partial charge is 0.306 e. The number of sulfonamides is 1. The number of carbonyl (C=O) groups is 2. The van der Waals surface area contributed by atoms with Gasteiger partial charge in [-0.1, -0.05) is 19.1 Å². The fourth-order valence-corrected chi connectivity index (χ4v) is 2.76. The Morgan fingerprint density at radius 3 is 2.29 bits per heavy atom. The van der Waals surface area contributed by atoms with Crippen molar-refractivity contribution in [3.8, 4) is 0 Å². The number of carboxylic acid groups (broad SMARTS) is 1. The lowest BCUT2D eigenvalue weighted by molar-refractivity contribution is -0.141. The van der Waals surface area contributed by atoms with E-state index in [1.54, 1.807) is 6.92 Å². The molecule has 0 fully saturated rings. The van der Waals surface area contributed by atoms with Gasteiger partial charge in [-0.3, -0.25) is 9.59 Å². The molecule has 0 aliphatic rings. The van der Waals surface area contributed by atoms with Crippen LogP contribution in [0.3, 0.4) is 0 Å². The fraction of sp³-hybridized carbons (Fsp3) is 0.429. The highest BCUT2D eigenvalue weighted by Gasteiger charge is 2.15. The van der Waals surface area contributed by atoms with Crippen LogP contribution in [-0.4, -0.2) is 31.8 Å². The Morgan fingerprint density at radius 1 is 1.24 bits per heavy atom. The highest BCUT2D eigenvalue weighted by molar-refractivity contribution is 7.89. The van der Waals surface area contributed by atoms with Crippen LogP contribution in [0.1, 0.15) is 37.0 Å². The molecule has 21 heavy (non-hydrogen) atoms. The summed E-state index contributed by atoms with van der Waals surface area (Å²) in [7, 11) is -3.63. The van der Waals surface area contributed by atoms with Crippen molar-refractivity contribution in [2.45, 2.75) is 31.6 Å². The fourth-order valence-electron chi connectivity index (χ4n) is 1.69. The van der Waals surface area contributed by atoms with Crippen LogP contribution in [0.5, 0.6) is 0 Å². The Morgan fingerprint density at radius 2 is 1.81 bits per heavy atom. The number of benzene rings is 1. The quantitative estimate of drug-likeness (QED) is 0.561. The minimum absolute atomic E-state index is 0.0822. The number of hydrogen-bond acceptors (Lipinski definition) is 4. The first-order valence-electron chi connectivity index (χ1n) is 6.57. The number of Topliss-reactive ketones (excluding diaryl/α,β-unsaturated/α-hetero) is 1. The lowest BCUT2D eigenvalue weighted by Gasteiger charge is -2.08. The minimum atomic E-state index is -3.63. The molecule has 0 saturated heterocycles. The molecule has 1 rings (SSSR count). The van der Waals surface area contributed by atoms with Gasteiger partial charge in [0.1, 0.15) is 0 Å². The molecule has 0 aliphatic heterocycles. The molecule has 0 saturated carbocycles. The van der Waals surface area contributed by atoms with Crippen LogP contribution in [0, 0.1) is 5.92 Å². The SMILES string of the molecule is CC(=O)c1ccc(S(=O)(=O)NCCCC(C)C(=O)O)cc1. The van der Waals surface area contributed by atoms with Gasteiger partial charge in [0, 0.05) is 12.1 Å². The normalized spacial score (nSPS) is 12.9. The first-order chi connectivity index (χ1) is 9.74. The molecule has 7 heteroatoms. The largest absolute Gasteiger partial charge is 0.481 e. The molecular weight excluding hydrogens is 294 g/mol. The van der Waals surface area contributed by atoms with Crippen molar-refractivity contribution in [2.75, 3.05) is 6.54 Å². The average molecular weight is 313 g/mol. The van der Waals surface area contributed by atoms with Crippen LogP contribution in [0.15, 0.2) is 29.2 Å². The molecule has 116 valence electrons. The summed E-state index contributed by atoms with van der Waals surface area (Å²) in [5.74, 6) is -1.52. The van der Waals surface area contributed by atoms with E-state index in [9.17, 15) is 18.0 Å². The summed E-state index contributed by atoms with van der Waals surface area (Å²) in [5, 5.41) is 8.72. The van der Waals surface area contributed by atoms with Crippen LogP contribution in [-0.2, 0) is 14.8 Å². The van der Waals surface area contributed by atoms with Gasteiger partial charge in [0.2, 0.25) is 10.0 Å². The van der Waals surface area contributed by atoms with E-state index in [1.165, 1.54) is 31.2 Å². The molecule has 1 aromatic rings. The molecule has 0 heterocycles. The predicted molar refractivity (Wildman–Crippen MR) is 77.7 cm³/mol. The molecule has 1 aromatic carbocycles. The molecule has 0 aromatic heterocycles. The van der Waals surface area contributed by atoms with Crippen LogP contribution in [0.25, 0.3) is 0 Å². The van der Waals surface area contributed by atoms with Gasteiger partial charge in [-0.25, -0.2) is 13.1 Å². The maximum Gasteiger partial charge on any atom is 0.306 e. The number of aliphatic carboxylic acids is 1. The van der Waals surface area contributed by atoms with E-state index in [1.807, 2.05) is 0 Å². The van der Waals surface area contributed by atoms with Crippen LogP contribution in [0.2, 0.25) is 0 Å². The average Bonchev–Trinajstić information content (AvgIpc) is 2.43. The summed E-state index contributed by atoms with van der Waals surface area (Å²) in [6, 6.07) is 5.67. The third-order valence-corrected chi connectivity index (χ3v) is 4.58. The van der Waals surface area contributed by atoms with Gasteiger partial charge in [-0.05, 0) is 31.9 Å². The zero-order chi connectivity index (χ0) is 16.0. The summed E-state index contributed by atoms with van der Waals surface area (Å²) in [6.45, 7) is 3.16. The number of hydrogen-bond donors (Lipinski definition) is 2. The van der Waals surface area contributed by atoms with E-state index in [4.69, 9.17) is 5.11 Å². The molecular formula is C14H19NO5S. The number of rotatable bonds is 8. The third-order valence-electron chi connectivity index (χ3n) is 3.10. The van der Waals surface area contributed by atoms with E-state index in [0.29, 0.717) is 18.4 Å². The second-order valence-corrected chi connectivity index (χ2v) is 6.63. The van der Waals surface area contributed by atoms with E-state index >= 15 is 0 Å². The van der Waals surface area contributed by atoms with Gasteiger partial charge in [-0.2, -0.15) is 0 Å². The van der Waals surface area contributed by atoms with Crippen molar-refractivity contribution in [2.24, 2.45) is 5.92 Å². The summed E-state index contributed by atoms with van der Waals surface area (Å²) >= 11 is 0. The van der Waals surface area contributed by atoms with Crippen LogP contribution < -0.4 is 4.72 Å². The first kappa shape index (κ1) is 17.3. The van der Waals surface area contributed by atoms with Gasteiger partial charge < -0.3 is 5.11 Å². The van der Waals surface area contributed by atoms with Crippen molar-refractivity contribution in [3.05, 3.63) is 29.8 Å². The van der Waals surface area contributed by atoms with E-state index < -0.39 is 21.9 Å². The molecule has 6 nitrogen and oxygen atoms in total. The van der Waals surface area contributed by atoms with Gasteiger partial charge >= 0.3 is 5.97 Å². The third kappa shape index (κ3) is 5.28. The molecule has 1 unspecified atom stereocenters. The van der Waals surface area contributed by atoms with Crippen molar-refractivity contribution in [1.29, 1.82) is 0 Å². The summed E-state index contributed by atoms with van der Waals surface area (Å²) in [5.41, 5.74) is 0.448. The zero-order valence-electron chi connectivity index (χ0n) is 12.0. The maximum atomic E-state index is 12.0. The number of ketones is 1. The topological polar surface area (TPSA) is 101 Å². The van der Waals surface area contributed by atoms with Gasteiger partial charge in [0.05, 0.1) is 10.8 Å². The predicted octanol–water partition coefficient (Wildman–Crippen LogP) is 1.67. The van der Waals surface area contributed by atoms with E-state index in [-0.39, 0.29) is 17.2 Å². The Balaban J connectivity index is 2.57. The number of carboxylic acids is 1. The monoisotopic (exact) mass is 313 g/mol. The standard InChI is InChI=1S/C14H19NO5S/c1-10(14(17)18)4-3-9-15-21(19,20)13-7-5-12(6-8-13)11(2)16/h5-8,10,15H,3-4,9H2,1-2H3,(H,17,18). The Hall–Kier alpha value is -1.73. The van der Waals surface area contributed by atoms with Crippen LogP contribution in [0.4, 0.5) is 0 Å². The Bertz CT molecular complexity index is 607. The minimum Gasteiger partial charge on any atom is -0.481 e. The molecule has 0 bridgehead atoms. The van der Waals surface area contributed by atoms with Gasteiger partial charge in [0.15, 0.2) is 5.78 Å². The second kappa shape index (κ2) is 7.33. The van der Waals surface area contributed by atoms with Crippen LogP contribution >= 0.6 is 0 Å². The molecule has 1 atom stereocenters. The molecule has 2 N–H and O–H groups in total. The molecule has 0 spiro atoms. The lowest BCUT2D eigenvalue weighted by Crippen LogP contribution is -2.25. The highest BCUT2D eigenvalue weighted by Crippen LogP contribution is 2.11. The number of carbonyl (C=O) groups excluding carboxylic acids is 1. The maximum absolute atomic E-state index is 12.0. The van der Waals surface area contributed by atoms with Gasteiger partial charge in [0.25, 0.3) is 0 Å². The number of nitrogens with one attached hydrogen (secondary N) is 1. The van der Waals surface area contributed by atoms with Crippen molar-refractivity contribution in [1.82, 2.24) is 4.72 Å². The van der Waals surface area contributed by atoms with Crippen molar-refractivity contribution >= 4 is 21.8 Å². The van der Waals surface area contributed by atoms with E-state index in [0.717, 1.165) is 0 Å². The summed E-state index contributed by atoms with van der Waals surface area (Å²) in [6.07, 6.45) is 0.847. The second-order valence-electron chi connectivity index (χ2n) is 4.86. The zero-order valence-corrected chi connectivity index (χ0v) is 12.8. The van der Waals surface area contributed by atoms with Gasteiger partial charge in [-0.15, -0.1) is 0 Å².